The second-order valence-corrected chi connectivity index (χ2v) is 7.57. The van der Waals surface area contributed by atoms with E-state index in [1.54, 1.807) is 12.1 Å². The van der Waals surface area contributed by atoms with Crippen LogP contribution in [0.25, 0.3) is 0 Å². The fourth-order valence-corrected chi connectivity index (χ4v) is 2.99. The minimum absolute atomic E-state index is 0.391. The molecule has 0 spiro atoms. The van der Waals surface area contributed by atoms with Gasteiger partial charge >= 0.3 is 5.97 Å². The van der Waals surface area contributed by atoms with Gasteiger partial charge in [-0.1, -0.05) is 6.07 Å². The zero-order valence-electron chi connectivity index (χ0n) is 14.7. The number of nitrogens with zero attached hydrogens (tertiary/aromatic N) is 1. The van der Waals surface area contributed by atoms with Crippen LogP contribution >= 0.6 is 0 Å². The Bertz CT molecular complexity index is 543. The smallest absolute Gasteiger partial charge is 0.338 e. The van der Waals surface area contributed by atoms with Crippen LogP contribution in [-0.2, 0) is 17.8 Å². The molecule has 0 atom stereocenters. The topological polar surface area (TPSA) is 29.5 Å². The maximum atomic E-state index is 13.4. The Morgan fingerprint density at radius 3 is 2.48 bits per heavy atom. The molecule has 1 heterocycles. The molecule has 0 saturated carbocycles. The highest BCUT2D eigenvalue weighted by Crippen LogP contribution is 2.24. The van der Waals surface area contributed by atoms with Crippen molar-refractivity contribution in [2.45, 2.75) is 52.3 Å². The number of ether oxygens (including phenoxy) is 1. The first-order valence-corrected chi connectivity index (χ1v) is 8.38. The normalized spacial score (nSPS) is 17.3. The number of benzene rings is 1. The lowest BCUT2D eigenvalue weighted by Crippen LogP contribution is -2.31. The minimum atomic E-state index is -0.543. The molecule has 2 rings (SSSR count). The van der Waals surface area contributed by atoms with Crippen molar-refractivity contribution in [1.82, 2.24) is 4.90 Å². The number of rotatable bonds is 4. The van der Waals surface area contributed by atoms with Gasteiger partial charge in [-0.15, -0.1) is 0 Å². The van der Waals surface area contributed by atoms with Gasteiger partial charge in [0, 0.05) is 0 Å². The maximum Gasteiger partial charge on any atom is 0.338 e. The van der Waals surface area contributed by atoms with Gasteiger partial charge in [-0.05, 0) is 89.3 Å². The number of carbonyl (C=O) groups excluding carboxylic acids is 1. The lowest BCUT2D eigenvalue weighted by Gasteiger charge is -2.29. The van der Waals surface area contributed by atoms with Gasteiger partial charge in [0.2, 0.25) is 0 Å². The molecule has 0 amide bonds. The van der Waals surface area contributed by atoms with Crippen LogP contribution in [0.2, 0.25) is 0 Å². The van der Waals surface area contributed by atoms with E-state index in [2.05, 4.69) is 11.9 Å². The monoisotopic (exact) mass is 321 g/mol. The van der Waals surface area contributed by atoms with Crippen LogP contribution in [0.1, 0.15) is 55.1 Å². The molecule has 0 bridgehead atoms. The Morgan fingerprint density at radius 1 is 1.26 bits per heavy atom. The number of halogens is 1. The molecule has 1 saturated heterocycles. The van der Waals surface area contributed by atoms with Crippen molar-refractivity contribution in [2.24, 2.45) is 5.92 Å². The summed E-state index contributed by atoms with van der Waals surface area (Å²) in [5, 5.41) is 0. The van der Waals surface area contributed by atoms with Crippen LogP contribution < -0.4 is 0 Å². The van der Waals surface area contributed by atoms with Crippen LogP contribution in [0.4, 0.5) is 4.39 Å². The third kappa shape index (κ3) is 5.31. The first-order valence-electron chi connectivity index (χ1n) is 8.38. The predicted molar refractivity (Wildman–Crippen MR) is 90.3 cm³/mol. The molecule has 23 heavy (non-hydrogen) atoms. The lowest BCUT2D eigenvalue weighted by molar-refractivity contribution is 0.00694. The average Bonchev–Trinajstić information content (AvgIpc) is 2.48. The van der Waals surface area contributed by atoms with Gasteiger partial charge in [-0.3, -0.25) is 0 Å². The summed E-state index contributed by atoms with van der Waals surface area (Å²) in [6, 6.07) is 5.31. The van der Waals surface area contributed by atoms with Crippen LogP contribution in [-0.4, -0.2) is 36.6 Å². The molecule has 128 valence electrons. The lowest BCUT2D eigenvalue weighted by atomic mass is 9.88. The van der Waals surface area contributed by atoms with Gasteiger partial charge in [0.25, 0.3) is 0 Å². The van der Waals surface area contributed by atoms with E-state index in [4.69, 9.17) is 4.74 Å². The molecule has 1 aromatic rings. The summed E-state index contributed by atoms with van der Waals surface area (Å²) >= 11 is 0. The van der Waals surface area contributed by atoms with Crippen molar-refractivity contribution in [3.63, 3.8) is 0 Å². The fraction of sp³-hybridized carbons (Fsp3) is 0.632. The van der Waals surface area contributed by atoms with Crippen molar-refractivity contribution in [3.8, 4) is 0 Å². The number of alkyl halides is 1. The Morgan fingerprint density at radius 2 is 1.91 bits per heavy atom. The number of hydrogen-bond donors (Lipinski definition) is 0. The second kappa shape index (κ2) is 7.43. The largest absolute Gasteiger partial charge is 0.456 e. The molecular weight excluding hydrogens is 293 g/mol. The number of piperidine rings is 1. The zero-order valence-corrected chi connectivity index (χ0v) is 14.7. The molecule has 3 nitrogen and oxygen atoms in total. The SMILES string of the molecule is CN1CCC(Cc2ccc(C(=O)OC(C)(C)C)cc2CF)CC1. The molecule has 4 heteroatoms. The average molecular weight is 321 g/mol. The fourth-order valence-electron chi connectivity index (χ4n) is 2.99. The summed E-state index contributed by atoms with van der Waals surface area (Å²) in [4.78, 5) is 14.4. The molecule has 1 aliphatic heterocycles. The summed E-state index contributed by atoms with van der Waals surface area (Å²) in [7, 11) is 2.14. The van der Waals surface area contributed by atoms with Crippen molar-refractivity contribution in [1.29, 1.82) is 0 Å². The molecule has 0 N–H and O–H groups in total. The van der Waals surface area contributed by atoms with Crippen molar-refractivity contribution in [3.05, 3.63) is 34.9 Å². The number of esters is 1. The molecular formula is C19H28FNO2. The van der Waals surface area contributed by atoms with E-state index >= 15 is 0 Å². The summed E-state index contributed by atoms with van der Waals surface area (Å²) < 4.78 is 18.8. The Hall–Kier alpha value is -1.42. The molecule has 1 fully saturated rings. The third-order valence-corrected chi connectivity index (χ3v) is 4.33. The Balaban J connectivity index is 2.08. The Labute approximate surface area is 138 Å². The van der Waals surface area contributed by atoms with Crippen LogP contribution in [0, 0.1) is 5.92 Å². The van der Waals surface area contributed by atoms with Gasteiger partial charge in [0.15, 0.2) is 0 Å². The highest BCUT2D eigenvalue weighted by Gasteiger charge is 2.21. The van der Waals surface area contributed by atoms with Gasteiger partial charge in [0.05, 0.1) is 5.56 Å². The Kier molecular flexibility index (Phi) is 5.79. The molecule has 0 radical (unpaired) electrons. The number of hydrogen-bond acceptors (Lipinski definition) is 3. The van der Waals surface area contributed by atoms with Crippen molar-refractivity contribution in [2.75, 3.05) is 20.1 Å². The standard InChI is InChI=1S/C19H28FNO2/c1-19(2,3)23-18(22)16-6-5-15(17(12-16)13-20)11-14-7-9-21(4)10-8-14/h5-6,12,14H,7-11,13H2,1-4H3. The molecule has 1 aliphatic rings. The summed E-state index contributed by atoms with van der Waals surface area (Å²) in [6.45, 7) is 7.15. The van der Waals surface area contributed by atoms with Crippen LogP contribution in [0.5, 0.6) is 0 Å². The van der Waals surface area contributed by atoms with E-state index < -0.39 is 18.2 Å². The first kappa shape index (κ1) is 17.9. The highest BCUT2D eigenvalue weighted by atomic mass is 19.1. The second-order valence-electron chi connectivity index (χ2n) is 7.57. The predicted octanol–water partition coefficient (Wildman–Crippen LogP) is 4.00. The highest BCUT2D eigenvalue weighted by molar-refractivity contribution is 5.90. The van der Waals surface area contributed by atoms with Crippen molar-refractivity contribution < 1.29 is 13.9 Å². The number of carbonyl (C=O) groups is 1. The summed E-state index contributed by atoms with van der Waals surface area (Å²) in [5.74, 6) is 0.210. The van der Waals surface area contributed by atoms with E-state index in [9.17, 15) is 9.18 Å². The van der Waals surface area contributed by atoms with E-state index in [0.29, 0.717) is 17.0 Å². The zero-order chi connectivity index (χ0) is 17.0. The van der Waals surface area contributed by atoms with E-state index in [1.807, 2.05) is 26.8 Å². The van der Waals surface area contributed by atoms with Gasteiger partial charge < -0.3 is 9.64 Å². The van der Waals surface area contributed by atoms with E-state index in [-0.39, 0.29) is 0 Å². The van der Waals surface area contributed by atoms with Crippen molar-refractivity contribution >= 4 is 5.97 Å². The summed E-state index contributed by atoms with van der Waals surface area (Å²) in [5.41, 5.74) is 1.53. The number of likely N-dealkylation sites (tertiary alicyclic amines) is 1. The maximum absolute atomic E-state index is 13.4. The quantitative estimate of drug-likeness (QED) is 0.785. The van der Waals surface area contributed by atoms with Gasteiger partial charge in [0.1, 0.15) is 12.3 Å². The van der Waals surface area contributed by atoms with Gasteiger partial charge in [-0.2, -0.15) is 0 Å². The minimum Gasteiger partial charge on any atom is -0.456 e. The van der Waals surface area contributed by atoms with E-state index in [1.165, 1.54) is 0 Å². The molecule has 0 aliphatic carbocycles. The summed E-state index contributed by atoms with van der Waals surface area (Å²) in [6.07, 6.45) is 3.19. The molecule has 0 aromatic heterocycles. The third-order valence-electron chi connectivity index (χ3n) is 4.33. The first-order chi connectivity index (χ1) is 10.8. The van der Waals surface area contributed by atoms with E-state index in [0.717, 1.165) is 37.9 Å². The molecule has 1 aromatic carbocycles. The van der Waals surface area contributed by atoms with Crippen LogP contribution in [0.3, 0.4) is 0 Å². The van der Waals surface area contributed by atoms with Gasteiger partial charge in [-0.25, -0.2) is 9.18 Å². The van der Waals surface area contributed by atoms with Crippen LogP contribution in [0.15, 0.2) is 18.2 Å². The molecule has 0 unspecified atom stereocenters.